The summed E-state index contributed by atoms with van der Waals surface area (Å²) in [5, 5.41) is 11.9. The summed E-state index contributed by atoms with van der Waals surface area (Å²) in [6, 6.07) is 6.99. The number of urea groups is 1. The molecule has 2 aromatic rings. The van der Waals surface area contributed by atoms with Crippen LogP contribution in [0.3, 0.4) is 0 Å². The first-order chi connectivity index (χ1) is 10.5. The Hall–Kier alpha value is -2.18. The van der Waals surface area contributed by atoms with Gasteiger partial charge in [0.05, 0.1) is 6.04 Å². The molecule has 116 valence electrons. The molecule has 0 spiro atoms. The van der Waals surface area contributed by atoms with Crippen molar-refractivity contribution < 1.29 is 14.4 Å². The monoisotopic (exact) mass is 320 g/mol. The molecule has 2 rings (SSSR count). The lowest BCUT2D eigenvalue weighted by molar-refractivity contribution is -0.0560. The maximum Gasteiger partial charge on any atom is 0.339 e. The number of carbonyl (C=O) groups excluding carboxylic acids is 1. The lowest BCUT2D eigenvalue weighted by atomic mass is 10.1. The molecule has 0 unspecified atom stereocenters. The zero-order valence-electron chi connectivity index (χ0n) is 12.1. The fourth-order valence-corrected chi connectivity index (χ4v) is 2.80. The van der Waals surface area contributed by atoms with Gasteiger partial charge >= 0.3 is 6.03 Å². The maximum atomic E-state index is 12.9. The Kier molecular flexibility index (Phi) is 5.30. The van der Waals surface area contributed by atoms with Crippen molar-refractivity contribution in [3.05, 3.63) is 63.6 Å². The molecular formula is C16H17FN2O2S. The molecule has 2 amide bonds. The molecule has 0 bridgehead atoms. The minimum Gasteiger partial charge on any atom is -0.350 e. The normalized spacial score (nSPS) is 12.5. The first-order valence-electron chi connectivity index (χ1n) is 6.74. The topological polar surface area (TPSA) is 66.6 Å². The van der Waals surface area contributed by atoms with Crippen molar-refractivity contribution in [2.24, 2.45) is 5.73 Å². The summed E-state index contributed by atoms with van der Waals surface area (Å²) in [4.78, 5) is 11.9. The first kappa shape index (κ1) is 16.2. The second-order valence-corrected chi connectivity index (χ2v) is 5.84. The summed E-state index contributed by atoms with van der Waals surface area (Å²) >= 11 is 1.56. The van der Waals surface area contributed by atoms with Crippen LogP contribution in [0, 0.1) is 5.82 Å². The van der Waals surface area contributed by atoms with Gasteiger partial charge in [0.1, 0.15) is 5.82 Å². The van der Waals surface area contributed by atoms with Gasteiger partial charge in [-0.3, -0.25) is 5.21 Å². The van der Waals surface area contributed by atoms with E-state index in [4.69, 9.17) is 5.73 Å². The summed E-state index contributed by atoms with van der Waals surface area (Å²) in [6.45, 7) is 1.66. The molecule has 22 heavy (non-hydrogen) atoms. The molecular weight excluding hydrogens is 303 g/mol. The number of nitrogens with two attached hydrogens (primary N) is 1. The largest absolute Gasteiger partial charge is 0.350 e. The third kappa shape index (κ3) is 4.16. The molecule has 0 radical (unpaired) electrons. The van der Waals surface area contributed by atoms with Crippen molar-refractivity contribution in [2.75, 3.05) is 0 Å². The van der Waals surface area contributed by atoms with E-state index in [9.17, 15) is 14.4 Å². The molecule has 1 atom stereocenters. The number of hydrogen-bond acceptors (Lipinski definition) is 3. The van der Waals surface area contributed by atoms with E-state index in [1.165, 1.54) is 12.1 Å². The number of thiophene rings is 1. The summed E-state index contributed by atoms with van der Waals surface area (Å²) in [5.74, 6) is -0.252. The van der Waals surface area contributed by atoms with Crippen LogP contribution in [-0.4, -0.2) is 22.3 Å². The minimum atomic E-state index is -0.894. The van der Waals surface area contributed by atoms with Crippen molar-refractivity contribution in [2.45, 2.75) is 19.4 Å². The SMILES string of the molecule is C[C@H](C=Cc1sccc1Cc1ccc(F)cc1)N(O)C(N)=O. The lowest BCUT2D eigenvalue weighted by Gasteiger charge is -2.16. The van der Waals surface area contributed by atoms with Gasteiger partial charge in [0.2, 0.25) is 0 Å². The summed E-state index contributed by atoms with van der Waals surface area (Å²) in [5.41, 5.74) is 7.12. The Morgan fingerprint density at radius 2 is 2.09 bits per heavy atom. The zero-order chi connectivity index (χ0) is 16.1. The van der Waals surface area contributed by atoms with Crippen LogP contribution < -0.4 is 5.73 Å². The summed E-state index contributed by atoms with van der Waals surface area (Å²) in [6.07, 6.45) is 4.24. The highest BCUT2D eigenvalue weighted by molar-refractivity contribution is 7.11. The van der Waals surface area contributed by atoms with Gasteiger partial charge < -0.3 is 5.73 Å². The number of carbonyl (C=O) groups is 1. The number of rotatable bonds is 5. The van der Waals surface area contributed by atoms with E-state index in [0.29, 0.717) is 11.5 Å². The molecule has 4 nitrogen and oxygen atoms in total. The Bertz CT molecular complexity index is 667. The van der Waals surface area contributed by atoms with Gasteiger partial charge in [0.15, 0.2) is 0 Å². The molecule has 0 saturated carbocycles. The van der Waals surface area contributed by atoms with Gasteiger partial charge in [-0.1, -0.05) is 18.2 Å². The first-order valence-corrected chi connectivity index (χ1v) is 7.62. The smallest absolute Gasteiger partial charge is 0.339 e. The number of primary amides is 1. The Labute approximate surface area is 132 Å². The predicted molar refractivity (Wildman–Crippen MR) is 85.2 cm³/mol. The number of benzene rings is 1. The van der Waals surface area contributed by atoms with E-state index >= 15 is 0 Å². The molecule has 0 aliphatic rings. The van der Waals surface area contributed by atoms with Gasteiger partial charge in [-0.15, -0.1) is 11.3 Å². The van der Waals surface area contributed by atoms with E-state index in [-0.39, 0.29) is 5.82 Å². The maximum absolute atomic E-state index is 12.9. The van der Waals surface area contributed by atoms with Crippen LogP contribution in [0.25, 0.3) is 6.08 Å². The van der Waals surface area contributed by atoms with Crippen LogP contribution in [0.2, 0.25) is 0 Å². The van der Waals surface area contributed by atoms with Gasteiger partial charge in [-0.25, -0.2) is 9.18 Å². The van der Waals surface area contributed by atoms with Crippen LogP contribution in [0.5, 0.6) is 0 Å². The number of hydroxylamine groups is 2. The Balaban J connectivity index is 2.09. The fourth-order valence-electron chi connectivity index (χ4n) is 1.97. The summed E-state index contributed by atoms with van der Waals surface area (Å²) in [7, 11) is 0. The van der Waals surface area contributed by atoms with E-state index in [2.05, 4.69) is 0 Å². The highest BCUT2D eigenvalue weighted by Gasteiger charge is 2.12. The van der Waals surface area contributed by atoms with E-state index in [1.54, 1.807) is 36.5 Å². The standard InChI is InChI=1S/C16H17FN2O2S/c1-11(19(21)16(18)20)2-7-15-13(8-9-22-15)10-12-3-5-14(17)6-4-12/h2-9,11,21H,10H2,1H3,(H2,18,20)/t11-/m1/s1. The van der Waals surface area contributed by atoms with Crippen molar-refractivity contribution in [3.63, 3.8) is 0 Å². The van der Waals surface area contributed by atoms with Crippen molar-refractivity contribution in [1.29, 1.82) is 0 Å². The van der Waals surface area contributed by atoms with Crippen molar-refractivity contribution in [1.82, 2.24) is 5.06 Å². The highest BCUT2D eigenvalue weighted by atomic mass is 32.1. The molecule has 6 heteroatoms. The van der Waals surface area contributed by atoms with Crippen molar-refractivity contribution in [3.8, 4) is 0 Å². The number of nitrogens with zero attached hydrogens (tertiary/aromatic N) is 1. The van der Waals surface area contributed by atoms with E-state index in [1.807, 2.05) is 17.5 Å². The second kappa shape index (κ2) is 7.20. The average Bonchev–Trinajstić information content (AvgIpc) is 2.93. The molecule has 1 heterocycles. The number of hydrogen-bond donors (Lipinski definition) is 2. The van der Waals surface area contributed by atoms with Crippen molar-refractivity contribution >= 4 is 23.4 Å². The van der Waals surface area contributed by atoms with Gasteiger partial charge in [0.25, 0.3) is 0 Å². The molecule has 0 fully saturated rings. The van der Waals surface area contributed by atoms with Gasteiger partial charge in [0, 0.05) is 4.88 Å². The third-order valence-electron chi connectivity index (χ3n) is 3.23. The van der Waals surface area contributed by atoms with Crippen LogP contribution in [0.1, 0.15) is 22.9 Å². The summed E-state index contributed by atoms with van der Waals surface area (Å²) < 4.78 is 12.9. The van der Waals surface area contributed by atoms with Crippen LogP contribution in [0.15, 0.2) is 41.8 Å². The molecule has 0 aliphatic heterocycles. The fraction of sp³-hybridized carbons (Fsp3) is 0.188. The predicted octanol–water partition coefficient (Wildman–Crippen LogP) is 3.65. The van der Waals surface area contributed by atoms with Gasteiger partial charge in [-0.05, 0) is 54.1 Å². The minimum absolute atomic E-state index is 0.252. The molecule has 0 saturated heterocycles. The average molecular weight is 320 g/mol. The molecule has 1 aromatic carbocycles. The highest BCUT2D eigenvalue weighted by Crippen LogP contribution is 2.22. The zero-order valence-corrected chi connectivity index (χ0v) is 12.9. The molecule has 1 aromatic heterocycles. The third-order valence-corrected chi connectivity index (χ3v) is 4.15. The van der Waals surface area contributed by atoms with Gasteiger partial charge in [-0.2, -0.15) is 5.06 Å². The van der Waals surface area contributed by atoms with E-state index in [0.717, 1.165) is 16.0 Å². The molecule has 3 N–H and O–H groups in total. The van der Waals surface area contributed by atoms with Crippen LogP contribution in [-0.2, 0) is 6.42 Å². The lowest BCUT2D eigenvalue weighted by Crippen LogP contribution is -2.38. The van der Waals surface area contributed by atoms with E-state index < -0.39 is 12.1 Å². The number of amides is 2. The Morgan fingerprint density at radius 3 is 2.73 bits per heavy atom. The number of halogens is 1. The second-order valence-electron chi connectivity index (χ2n) is 4.90. The van der Waals surface area contributed by atoms with Crippen LogP contribution in [0.4, 0.5) is 9.18 Å². The molecule has 0 aliphatic carbocycles. The Morgan fingerprint density at radius 1 is 1.41 bits per heavy atom. The van der Waals surface area contributed by atoms with Crippen LogP contribution >= 0.6 is 11.3 Å². The quantitative estimate of drug-likeness (QED) is 0.652.